The smallest absolute Gasteiger partial charge is 0.264 e. The summed E-state index contributed by atoms with van der Waals surface area (Å²) in [6.45, 7) is 2.30. The highest BCUT2D eigenvalue weighted by Gasteiger charge is 2.46. The summed E-state index contributed by atoms with van der Waals surface area (Å²) in [5.41, 5.74) is 2.54. The number of likely N-dealkylation sites (tertiary alicyclic amines) is 1. The summed E-state index contributed by atoms with van der Waals surface area (Å²) < 4.78 is 36.6. The third-order valence-electron chi connectivity index (χ3n) is 8.01. The van der Waals surface area contributed by atoms with Gasteiger partial charge in [-0.25, -0.2) is 8.78 Å². The highest BCUT2D eigenvalue weighted by molar-refractivity contribution is 7.97. The van der Waals surface area contributed by atoms with Gasteiger partial charge in [-0.1, -0.05) is 23.5 Å². The minimum atomic E-state index is -0.514. The minimum Gasteiger partial charge on any atom is -0.376 e. The number of hydrogen-bond donors (Lipinski definition) is 1. The molecule has 2 aliphatic carbocycles. The van der Waals surface area contributed by atoms with Crippen molar-refractivity contribution in [1.82, 2.24) is 9.62 Å². The van der Waals surface area contributed by atoms with Crippen molar-refractivity contribution in [2.45, 2.75) is 51.0 Å². The van der Waals surface area contributed by atoms with Gasteiger partial charge in [0.15, 0.2) is 0 Å². The number of hydrogen-bond acceptors (Lipinski definition) is 4. The fourth-order valence-electron chi connectivity index (χ4n) is 5.90. The maximum absolute atomic E-state index is 14.6. The van der Waals surface area contributed by atoms with Crippen molar-refractivity contribution in [3.8, 4) is 0 Å². The Labute approximate surface area is 225 Å². The van der Waals surface area contributed by atoms with Gasteiger partial charge in [-0.05, 0) is 97.2 Å². The molecule has 3 aliphatic rings. The van der Waals surface area contributed by atoms with Crippen LogP contribution in [-0.4, -0.2) is 42.7 Å². The number of carbonyl (C=O) groups excluding carboxylic acids is 2. The second-order valence-electron chi connectivity index (χ2n) is 10.6. The molecule has 5 nitrogen and oxygen atoms in total. The average Bonchev–Trinajstić information content (AvgIpc) is 3.68. The third kappa shape index (κ3) is 5.81. The zero-order valence-corrected chi connectivity index (χ0v) is 22.4. The van der Waals surface area contributed by atoms with E-state index in [-0.39, 0.29) is 21.9 Å². The Balaban J connectivity index is 1.10. The van der Waals surface area contributed by atoms with Gasteiger partial charge < -0.3 is 9.64 Å². The molecule has 37 heavy (non-hydrogen) atoms. The van der Waals surface area contributed by atoms with Crippen LogP contribution in [0.5, 0.6) is 0 Å². The molecule has 0 atom stereocenters. The summed E-state index contributed by atoms with van der Waals surface area (Å²) in [4.78, 5) is 26.8. The quantitative estimate of drug-likeness (QED) is 0.390. The van der Waals surface area contributed by atoms with Crippen molar-refractivity contribution in [2.24, 2.45) is 11.3 Å². The molecule has 0 unspecified atom stereocenters. The van der Waals surface area contributed by atoms with E-state index < -0.39 is 17.5 Å². The van der Waals surface area contributed by atoms with E-state index in [1.165, 1.54) is 24.3 Å². The Hall–Kier alpha value is -2.16. The van der Waals surface area contributed by atoms with Crippen molar-refractivity contribution >= 4 is 35.4 Å². The van der Waals surface area contributed by atoms with Crippen LogP contribution in [0.3, 0.4) is 0 Å². The predicted octanol–water partition coefficient (Wildman–Crippen LogP) is 6.35. The molecule has 1 aliphatic heterocycles. The van der Waals surface area contributed by atoms with Crippen LogP contribution in [0, 0.1) is 23.0 Å². The van der Waals surface area contributed by atoms with Crippen LogP contribution in [0.4, 0.5) is 8.78 Å². The van der Waals surface area contributed by atoms with Gasteiger partial charge in [-0.3, -0.25) is 14.3 Å². The summed E-state index contributed by atoms with van der Waals surface area (Å²) in [7, 11) is 0. The highest BCUT2D eigenvalue weighted by atomic mass is 35.5. The number of benzene rings is 2. The lowest BCUT2D eigenvalue weighted by Gasteiger charge is -2.52. The molecule has 5 rings (SSSR count). The maximum Gasteiger partial charge on any atom is 0.264 e. The van der Waals surface area contributed by atoms with E-state index in [1.54, 1.807) is 12.3 Å². The lowest BCUT2D eigenvalue weighted by Crippen LogP contribution is -2.49. The zero-order chi connectivity index (χ0) is 26.2. The number of amides is 2. The van der Waals surface area contributed by atoms with E-state index in [9.17, 15) is 18.4 Å². The maximum atomic E-state index is 14.6. The van der Waals surface area contributed by atoms with Gasteiger partial charge >= 0.3 is 0 Å². The largest absolute Gasteiger partial charge is 0.376 e. The van der Waals surface area contributed by atoms with E-state index in [0.29, 0.717) is 43.7 Å². The second kappa shape index (κ2) is 10.9. The van der Waals surface area contributed by atoms with Gasteiger partial charge in [0.2, 0.25) is 0 Å². The van der Waals surface area contributed by atoms with E-state index in [2.05, 4.69) is 4.72 Å². The molecule has 3 fully saturated rings. The van der Waals surface area contributed by atoms with Gasteiger partial charge in [-0.15, -0.1) is 0 Å². The molecule has 9 heteroatoms. The van der Waals surface area contributed by atoms with Gasteiger partial charge in [0.1, 0.15) is 11.6 Å². The molecular weight excluding hydrogens is 518 g/mol. The first-order valence-corrected chi connectivity index (χ1v) is 14.4. The van der Waals surface area contributed by atoms with Crippen molar-refractivity contribution < 1.29 is 23.1 Å². The summed E-state index contributed by atoms with van der Waals surface area (Å²) in [5, 5.41) is 0.147. The molecule has 198 valence electrons. The highest BCUT2D eigenvalue weighted by Crippen LogP contribution is 2.53. The fourth-order valence-corrected chi connectivity index (χ4v) is 6.44. The van der Waals surface area contributed by atoms with Crippen LogP contribution >= 0.6 is 23.5 Å². The summed E-state index contributed by atoms with van der Waals surface area (Å²) in [6.07, 6.45) is 7.83. The van der Waals surface area contributed by atoms with Gasteiger partial charge in [0.25, 0.3) is 11.8 Å². The van der Waals surface area contributed by atoms with Gasteiger partial charge in [0.05, 0.1) is 22.8 Å². The van der Waals surface area contributed by atoms with Crippen LogP contribution < -0.4 is 4.72 Å². The number of carbonyl (C=O) groups is 2. The van der Waals surface area contributed by atoms with Crippen molar-refractivity contribution in [3.63, 3.8) is 0 Å². The molecule has 1 heterocycles. The zero-order valence-electron chi connectivity index (χ0n) is 20.8. The molecule has 2 saturated carbocycles. The number of rotatable bonds is 8. The van der Waals surface area contributed by atoms with E-state index >= 15 is 0 Å². The minimum absolute atomic E-state index is 0.0902. The van der Waals surface area contributed by atoms with Crippen LogP contribution in [0.1, 0.15) is 76.3 Å². The third-order valence-corrected chi connectivity index (χ3v) is 8.72. The Morgan fingerprint density at radius 3 is 2.51 bits per heavy atom. The Kier molecular flexibility index (Phi) is 7.80. The van der Waals surface area contributed by atoms with Gasteiger partial charge in [-0.2, -0.15) is 0 Å². The second-order valence-corrected chi connectivity index (χ2v) is 11.7. The van der Waals surface area contributed by atoms with Crippen molar-refractivity contribution in [1.29, 1.82) is 0 Å². The van der Waals surface area contributed by atoms with E-state index in [1.807, 2.05) is 4.90 Å². The summed E-state index contributed by atoms with van der Waals surface area (Å²) >= 11 is 7.24. The van der Waals surface area contributed by atoms with Crippen LogP contribution in [0.2, 0.25) is 5.02 Å². The topological polar surface area (TPSA) is 58.6 Å². The van der Waals surface area contributed by atoms with Crippen molar-refractivity contribution in [3.05, 3.63) is 69.2 Å². The standard InChI is InChI=1S/C28H31ClF2N2O3S/c1-37-32-26(34)23-12-22(18-2-3-18)19(10-25(23)31)16-36-15-17-13-28(14-17)6-8-33(9-7-28)27(35)21-5-4-20(30)11-24(21)29/h4-5,10-12,17-18H,2-3,6-9,13-16H2,1H3,(H,32,34). The van der Waals surface area contributed by atoms with Crippen LogP contribution in [-0.2, 0) is 11.3 Å². The summed E-state index contributed by atoms with van der Waals surface area (Å²) in [6, 6.07) is 7.05. The molecular formula is C28H31ClF2N2O3S. The molecule has 0 bridgehead atoms. The lowest BCUT2D eigenvalue weighted by atomic mass is 9.58. The monoisotopic (exact) mass is 548 g/mol. The number of nitrogens with zero attached hydrogens (tertiary/aromatic N) is 1. The first kappa shape index (κ1) is 26.4. The van der Waals surface area contributed by atoms with Crippen LogP contribution in [0.15, 0.2) is 30.3 Å². The molecule has 2 aromatic rings. The van der Waals surface area contributed by atoms with Crippen LogP contribution in [0.25, 0.3) is 0 Å². The molecule has 1 spiro atoms. The Morgan fingerprint density at radius 2 is 1.86 bits per heavy atom. The number of piperidine rings is 1. The molecule has 1 saturated heterocycles. The Bertz CT molecular complexity index is 1190. The first-order chi connectivity index (χ1) is 17.8. The van der Waals surface area contributed by atoms with E-state index in [4.69, 9.17) is 16.3 Å². The number of nitrogens with one attached hydrogen (secondary N) is 1. The molecule has 1 N–H and O–H groups in total. The Morgan fingerprint density at radius 1 is 1.14 bits per heavy atom. The lowest BCUT2D eigenvalue weighted by molar-refractivity contribution is -0.0491. The normalized spacial score (nSPS) is 19.1. The SMILES string of the molecule is CSNC(=O)c1cc(C2CC2)c(COCC2CC3(CCN(C(=O)c4ccc(F)cc4Cl)CC3)C2)cc1F. The molecule has 0 radical (unpaired) electrons. The first-order valence-electron chi connectivity index (χ1n) is 12.8. The van der Waals surface area contributed by atoms with Crippen molar-refractivity contribution in [2.75, 3.05) is 26.0 Å². The fraction of sp³-hybridized carbons (Fsp3) is 0.500. The number of halogens is 3. The molecule has 0 aromatic heterocycles. The van der Waals surface area contributed by atoms with E-state index in [0.717, 1.165) is 61.6 Å². The molecule has 2 amide bonds. The average molecular weight is 549 g/mol. The number of ether oxygens (including phenoxy) is 1. The van der Waals surface area contributed by atoms with Gasteiger partial charge in [0, 0.05) is 26.0 Å². The molecule has 2 aromatic carbocycles. The summed E-state index contributed by atoms with van der Waals surface area (Å²) in [5.74, 6) is -0.687. The predicted molar refractivity (Wildman–Crippen MR) is 141 cm³/mol.